The summed E-state index contributed by atoms with van der Waals surface area (Å²) in [6.45, 7) is 7.72. The average molecular weight is 83.1 g/mol. The highest BCUT2D eigenvalue weighted by Gasteiger charge is 2.21. The fourth-order valence-electron chi connectivity index (χ4n) is 0.298. The number of ether oxygens (including phenoxy) is 1. The molecule has 0 aromatic carbocycles. The molecule has 0 N–H and O–H groups in total. The fourth-order valence-corrected chi connectivity index (χ4v) is 0.298. The van der Waals surface area contributed by atoms with Crippen molar-refractivity contribution in [2.75, 3.05) is 13.2 Å². The van der Waals surface area contributed by atoms with Crippen molar-refractivity contribution in [3.05, 3.63) is 11.4 Å². The van der Waals surface area contributed by atoms with Gasteiger partial charge < -0.3 is 9.58 Å². The van der Waals surface area contributed by atoms with Crippen molar-refractivity contribution in [3.8, 4) is 0 Å². The molecule has 0 unspecified atom stereocenters. The maximum absolute atomic E-state index is 6.40. The molecule has 1 fully saturated rings. The Hall–Kier alpha value is -0.550. The molecule has 1 rings (SSSR count). The normalized spacial score (nSPS) is 21.8. The van der Waals surface area contributed by atoms with Crippen LogP contribution in [0.4, 0.5) is 0 Å². The fraction of sp³-hybridized carbons (Fsp3) is 0.750. The third kappa shape index (κ3) is 0.373. The van der Waals surface area contributed by atoms with Gasteiger partial charge in [-0.3, -0.25) is 0 Å². The van der Waals surface area contributed by atoms with Gasteiger partial charge in [-0.1, -0.05) is 0 Å². The van der Waals surface area contributed by atoms with E-state index in [1.54, 1.807) is 0 Å². The average Bonchev–Trinajstić information content (AvgIpc) is 1.31. The van der Waals surface area contributed by atoms with E-state index >= 15 is 0 Å². The molecule has 0 amide bonds. The van der Waals surface area contributed by atoms with Gasteiger partial charge in [0.2, 0.25) is 0 Å². The lowest BCUT2D eigenvalue weighted by Gasteiger charge is -2.13. The molecule has 2 heteroatoms. The van der Waals surface area contributed by atoms with Crippen LogP contribution in [0.2, 0.25) is 0 Å². The SMILES string of the molecule is [C-]#[N+]C1COC1. The molecular formula is C4H5NO. The van der Waals surface area contributed by atoms with E-state index in [2.05, 4.69) is 4.85 Å². The molecular weight excluding hydrogens is 78.0 g/mol. The van der Waals surface area contributed by atoms with Crippen LogP contribution in [0, 0.1) is 6.57 Å². The van der Waals surface area contributed by atoms with Crippen LogP contribution in [0.3, 0.4) is 0 Å². The standard InChI is InChI=1S/C4H5NO/c1-5-4-2-6-3-4/h4H,2-3H2. The Morgan fingerprint density at radius 1 is 1.67 bits per heavy atom. The van der Waals surface area contributed by atoms with Crippen molar-refractivity contribution in [1.82, 2.24) is 0 Å². The molecule has 0 saturated carbocycles. The molecule has 1 saturated heterocycles. The van der Waals surface area contributed by atoms with Crippen LogP contribution in [0.15, 0.2) is 0 Å². The topological polar surface area (TPSA) is 13.6 Å². The Morgan fingerprint density at radius 2 is 2.33 bits per heavy atom. The van der Waals surface area contributed by atoms with Crippen LogP contribution in [0.5, 0.6) is 0 Å². The summed E-state index contributed by atoms with van der Waals surface area (Å²) in [5.74, 6) is 0. The Morgan fingerprint density at radius 3 is 2.33 bits per heavy atom. The van der Waals surface area contributed by atoms with Gasteiger partial charge >= 0.3 is 0 Å². The van der Waals surface area contributed by atoms with E-state index in [1.807, 2.05) is 0 Å². The maximum atomic E-state index is 6.40. The molecule has 1 aliphatic rings. The summed E-state index contributed by atoms with van der Waals surface area (Å²) in [5, 5.41) is 0. The molecule has 0 aromatic rings. The van der Waals surface area contributed by atoms with Crippen molar-refractivity contribution in [3.63, 3.8) is 0 Å². The molecule has 0 aliphatic carbocycles. The first-order chi connectivity index (χ1) is 2.93. The van der Waals surface area contributed by atoms with Gasteiger partial charge in [0.15, 0.2) is 0 Å². The molecule has 0 aromatic heterocycles. The Balaban J connectivity index is 2.22. The molecule has 6 heavy (non-hydrogen) atoms. The zero-order valence-corrected chi connectivity index (χ0v) is 3.35. The highest BCUT2D eigenvalue weighted by atomic mass is 16.5. The van der Waals surface area contributed by atoms with Gasteiger partial charge in [-0.15, -0.1) is 0 Å². The lowest BCUT2D eigenvalue weighted by molar-refractivity contribution is 0.0279. The monoisotopic (exact) mass is 83.0 g/mol. The van der Waals surface area contributed by atoms with E-state index in [0.29, 0.717) is 13.2 Å². The summed E-state index contributed by atoms with van der Waals surface area (Å²) in [6, 6.07) is 0.185. The second-order valence-electron chi connectivity index (χ2n) is 1.32. The van der Waals surface area contributed by atoms with Gasteiger partial charge in [0.05, 0.1) is 0 Å². The largest absolute Gasteiger partial charge is 0.365 e. The number of rotatable bonds is 0. The second-order valence-corrected chi connectivity index (χ2v) is 1.32. The van der Waals surface area contributed by atoms with Crippen LogP contribution in [-0.2, 0) is 4.74 Å². The molecule has 0 spiro atoms. The lowest BCUT2D eigenvalue weighted by Crippen LogP contribution is -2.29. The Kier molecular flexibility index (Phi) is 0.771. The van der Waals surface area contributed by atoms with Gasteiger partial charge in [-0.25, -0.2) is 6.57 Å². The maximum Gasteiger partial charge on any atom is 0.269 e. The molecule has 32 valence electrons. The summed E-state index contributed by atoms with van der Waals surface area (Å²) < 4.78 is 4.71. The highest BCUT2D eigenvalue weighted by molar-refractivity contribution is 4.83. The quantitative estimate of drug-likeness (QED) is 0.384. The van der Waals surface area contributed by atoms with E-state index in [1.165, 1.54) is 0 Å². The minimum atomic E-state index is 0.185. The molecule has 0 atom stereocenters. The van der Waals surface area contributed by atoms with E-state index in [4.69, 9.17) is 11.3 Å². The smallest absolute Gasteiger partial charge is 0.269 e. The van der Waals surface area contributed by atoms with Crippen molar-refractivity contribution in [2.24, 2.45) is 0 Å². The number of hydrogen-bond donors (Lipinski definition) is 0. The minimum Gasteiger partial charge on any atom is -0.365 e. The van der Waals surface area contributed by atoms with Crippen LogP contribution in [0.1, 0.15) is 0 Å². The second kappa shape index (κ2) is 1.27. The van der Waals surface area contributed by atoms with Crippen molar-refractivity contribution >= 4 is 0 Å². The van der Waals surface area contributed by atoms with Crippen molar-refractivity contribution < 1.29 is 4.74 Å². The van der Waals surface area contributed by atoms with E-state index in [-0.39, 0.29) is 6.04 Å². The van der Waals surface area contributed by atoms with Gasteiger partial charge in [-0.2, -0.15) is 0 Å². The van der Waals surface area contributed by atoms with Crippen LogP contribution in [-0.4, -0.2) is 19.3 Å². The molecule has 1 aliphatic heterocycles. The summed E-state index contributed by atoms with van der Waals surface area (Å²) in [6.07, 6.45) is 0. The highest BCUT2D eigenvalue weighted by Crippen LogP contribution is 2.02. The van der Waals surface area contributed by atoms with E-state index in [9.17, 15) is 0 Å². The molecule has 1 heterocycles. The van der Waals surface area contributed by atoms with Crippen molar-refractivity contribution in [1.29, 1.82) is 0 Å². The summed E-state index contributed by atoms with van der Waals surface area (Å²) in [4.78, 5) is 3.22. The first kappa shape index (κ1) is 3.63. The summed E-state index contributed by atoms with van der Waals surface area (Å²) >= 11 is 0. The van der Waals surface area contributed by atoms with E-state index < -0.39 is 0 Å². The molecule has 0 bridgehead atoms. The van der Waals surface area contributed by atoms with Gasteiger partial charge in [0, 0.05) is 0 Å². The van der Waals surface area contributed by atoms with Crippen LogP contribution >= 0.6 is 0 Å². The third-order valence-electron chi connectivity index (χ3n) is 0.803. The molecule has 0 radical (unpaired) electrons. The number of nitrogens with zero attached hydrogens (tertiary/aromatic N) is 1. The Labute approximate surface area is 36.5 Å². The zero-order valence-electron chi connectivity index (χ0n) is 3.35. The lowest BCUT2D eigenvalue weighted by atomic mass is 10.3. The van der Waals surface area contributed by atoms with Gasteiger partial charge in [0.1, 0.15) is 13.2 Å². The van der Waals surface area contributed by atoms with Crippen LogP contribution in [0.25, 0.3) is 4.85 Å². The van der Waals surface area contributed by atoms with E-state index in [0.717, 1.165) is 0 Å². The predicted molar refractivity (Wildman–Crippen MR) is 21.2 cm³/mol. The summed E-state index contributed by atoms with van der Waals surface area (Å²) in [7, 11) is 0. The van der Waals surface area contributed by atoms with Crippen LogP contribution < -0.4 is 0 Å². The Bertz CT molecular complexity index is 80.0. The van der Waals surface area contributed by atoms with Crippen molar-refractivity contribution in [2.45, 2.75) is 6.04 Å². The minimum absolute atomic E-state index is 0.185. The first-order valence-electron chi connectivity index (χ1n) is 1.88. The first-order valence-corrected chi connectivity index (χ1v) is 1.88. The predicted octanol–water partition coefficient (Wildman–Crippen LogP) is 0.304. The van der Waals surface area contributed by atoms with Gasteiger partial charge in [0.25, 0.3) is 6.04 Å². The zero-order chi connectivity index (χ0) is 4.41. The molecule has 2 nitrogen and oxygen atoms in total. The van der Waals surface area contributed by atoms with Gasteiger partial charge in [-0.05, 0) is 0 Å². The number of hydrogen-bond acceptors (Lipinski definition) is 1. The third-order valence-corrected chi connectivity index (χ3v) is 0.803. The summed E-state index contributed by atoms with van der Waals surface area (Å²) in [5.41, 5.74) is 0.